The van der Waals surface area contributed by atoms with E-state index in [4.69, 9.17) is 10.1 Å². The summed E-state index contributed by atoms with van der Waals surface area (Å²) in [4.78, 5) is 10.4. The predicted molar refractivity (Wildman–Crippen MR) is 158 cm³/mol. The number of aromatic hydroxyl groups is 2. The second kappa shape index (κ2) is 10.1. The molecular formula is C33H30FN5O2. The molecule has 1 saturated heterocycles. The highest BCUT2D eigenvalue weighted by atomic mass is 19.1. The molecule has 3 N–H and O–H groups in total. The number of hydrogen-bond donors (Lipinski definition) is 3. The van der Waals surface area contributed by atoms with Gasteiger partial charge in [-0.05, 0) is 92.5 Å². The van der Waals surface area contributed by atoms with Gasteiger partial charge >= 0.3 is 0 Å². The topological polar surface area (TPSA) is 90.2 Å². The molecule has 0 amide bonds. The summed E-state index contributed by atoms with van der Waals surface area (Å²) in [7, 11) is 2.17. The molecule has 7 rings (SSSR count). The average Bonchev–Trinajstić information content (AvgIpc) is 3.59. The number of para-hydroxylation sites is 2. The lowest BCUT2D eigenvalue weighted by molar-refractivity contribution is 0.255. The molecule has 1 aliphatic rings. The van der Waals surface area contributed by atoms with Gasteiger partial charge in [0.15, 0.2) is 0 Å². The van der Waals surface area contributed by atoms with Crippen molar-refractivity contribution >= 4 is 21.9 Å². The van der Waals surface area contributed by atoms with E-state index in [1.165, 1.54) is 23.8 Å². The number of fused-ring (bicyclic) bond motifs is 2. The Morgan fingerprint density at radius 3 is 2.46 bits per heavy atom. The summed E-state index contributed by atoms with van der Waals surface area (Å²) in [6.07, 6.45) is 4.08. The molecule has 41 heavy (non-hydrogen) atoms. The number of rotatable bonds is 5. The number of hydrogen-bond acceptors (Lipinski definition) is 5. The molecule has 0 bridgehead atoms. The summed E-state index contributed by atoms with van der Waals surface area (Å²) in [6, 6.07) is 22.7. The van der Waals surface area contributed by atoms with Crippen LogP contribution in [0.4, 0.5) is 4.39 Å². The van der Waals surface area contributed by atoms with Crippen LogP contribution in [0.2, 0.25) is 0 Å². The largest absolute Gasteiger partial charge is 0.508 e. The summed E-state index contributed by atoms with van der Waals surface area (Å²) in [5.74, 6) is 0.678. The number of likely N-dealkylation sites (tertiary alicyclic amines) is 1. The first-order chi connectivity index (χ1) is 19.9. The third kappa shape index (κ3) is 4.70. The molecule has 0 radical (unpaired) electrons. The summed E-state index contributed by atoms with van der Waals surface area (Å²) in [6.45, 7) is 2.21. The van der Waals surface area contributed by atoms with Crippen LogP contribution in [-0.2, 0) is 0 Å². The smallest absolute Gasteiger partial charge is 0.138 e. The van der Waals surface area contributed by atoms with Gasteiger partial charge < -0.3 is 20.1 Å². The number of H-pyrrole nitrogens is 1. The minimum absolute atomic E-state index is 0.0651. The fraction of sp³-hybridized carbons (Fsp3) is 0.212. The van der Waals surface area contributed by atoms with E-state index in [0.29, 0.717) is 33.8 Å². The van der Waals surface area contributed by atoms with Gasteiger partial charge in [0.25, 0.3) is 0 Å². The Bertz CT molecular complexity index is 1840. The van der Waals surface area contributed by atoms with Crippen molar-refractivity contribution in [1.29, 1.82) is 0 Å². The Morgan fingerprint density at radius 1 is 0.902 bits per heavy atom. The van der Waals surface area contributed by atoms with E-state index in [1.54, 1.807) is 16.9 Å². The number of halogens is 1. The Labute approximate surface area is 236 Å². The van der Waals surface area contributed by atoms with Crippen LogP contribution in [0.1, 0.15) is 41.8 Å². The molecule has 2 aromatic heterocycles. The third-order valence-electron chi connectivity index (χ3n) is 8.27. The van der Waals surface area contributed by atoms with Crippen molar-refractivity contribution in [2.45, 2.75) is 24.8 Å². The zero-order valence-electron chi connectivity index (χ0n) is 22.6. The van der Waals surface area contributed by atoms with Gasteiger partial charge in [-0.2, -0.15) is 5.10 Å². The second-order valence-electron chi connectivity index (χ2n) is 11.0. The van der Waals surface area contributed by atoms with Crippen LogP contribution in [-0.4, -0.2) is 55.0 Å². The molecule has 7 nitrogen and oxygen atoms in total. The predicted octanol–water partition coefficient (Wildman–Crippen LogP) is 6.58. The lowest BCUT2D eigenvalue weighted by atomic mass is 9.88. The number of aromatic nitrogens is 4. The lowest BCUT2D eigenvalue weighted by Crippen LogP contribution is -2.29. The third-order valence-corrected chi connectivity index (χ3v) is 8.27. The van der Waals surface area contributed by atoms with Crippen LogP contribution in [0.15, 0.2) is 85.1 Å². The molecule has 1 unspecified atom stereocenters. The van der Waals surface area contributed by atoms with Gasteiger partial charge in [-0.1, -0.05) is 36.4 Å². The van der Waals surface area contributed by atoms with Crippen LogP contribution in [0.3, 0.4) is 0 Å². The van der Waals surface area contributed by atoms with Gasteiger partial charge in [0.05, 0.1) is 16.6 Å². The van der Waals surface area contributed by atoms with Crippen LogP contribution in [0.25, 0.3) is 33.1 Å². The molecule has 1 atom stereocenters. The van der Waals surface area contributed by atoms with Crippen molar-refractivity contribution in [2.75, 3.05) is 20.1 Å². The maximum Gasteiger partial charge on any atom is 0.138 e. The summed E-state index contributed by atoms with van der Waals surface area (Å²) >= 11 is 0. The maximum absolute atomic E-state index is 14.4. The van der Waals surface area contributed by atoms with Crippen molar-refractivity contribution in [3.05, 3.63) is 108 Å². The van der Waals surface area contributed by atoms with E-state index in [0.717, 1.165) is 42.5 Å². The fourth-order valence-corrected chi connectivity index (χ4v) is 5.98. The number of benzene rings is 4. The molecule has 8 heteroatoms. The fourth-order valence-electron chi connectivity index (χ4n) is 5.98. The van der Waals surface area contributed by atoms with Gasteiger partial charge in [-0.3, -0.25) is 4.68 Å². The number of nitrogens with one attached hydrogen (secondary N) is 1. The summed E-state index contributed by atoms with van der Waals surface area (Å²) in [5.41, 5.74) is 5.49. The summed E-state index contributed by atoms with van der Waals surface area (Å²) < 4.78 is 16.1. The number of phenolic OH excluding ortho intramolecular Hbond substituents is 2. The SMILES string of the molecule is CN1CCC(c2ccc(-c3cc4nn(C(c5nc6ccccc6[nH]5)c5cc(F)ccc5O)cc4cc3O)cc2)CC1. The zero-order chi connectivity index (χ0) is 28.1. The van der Waals surface area contributed by atoms with Crippen molar-refractivity contribution < 1.29 is 14.6 Å². The monoisotopic (exact) mass is 547 g/mol. The van der Waals surface area contributed by atoms with Crippen molar-refractivity contribution in [3.63, 3.8) is 0 Å². The Kier molecular flexibility index (Phi) is 6.20. The van der Waals surface area contributed by atoms with E-state index in [9.17, 15) is 14.6 Å². The van der Waals surface area contributed by atoms with Gasteiger partial charge in [-0.25, -0.2) is 9.37 Å². The van der Waals surface area contributed by atoms with Crippen LogP contribution in [0.5, 0.6) is 11.5 Å². The molecular weight excluding hydrogens is 517 g/mol. The van der Waals surface area contributed by atoms with Crippen LogP contribution >= 0.6 is 0 Å². The zero-order valence-corrected chi connectivity index (χ0v) is 22.6. The van der Waals surface area contributed by atoms with Crippen LogP contribution in [0, 0.1) is 5.82 Å². The molecule has 0 spiro atoms. The van der Waals surface area contributed by atoms with E-state index in [1.807, 2.05) is 30.3 Å². The lowest BCUT2D eigenvalue weighted by Gasteiger charge is -2.29. The van der Waals surface area contributed by atoms with Gasteiger partial charge in [0, 0.05) is 22.7 Å². The molecule has 0 saturated carbocycles. The second-order valence-corrected chi connectivity index (χ2v) is 11.0. The number of imidazole rings is 1. The average molecular weight is 548 g/mol. The van der Waals surface area contributed by atoms with Crippen LogP contribution < -0.4 is 0 Å². The highest BCUT2D eigenvalue weighted by molar-refractivity contribution is 5.88. The molecule has 4 aromatic carbocycles. The van der Waals surface area contributed by atoms with Crippen molar-refractivity contribution in [3.8, 4) is 22.6 Å². The quantitative estimate of drug-likeness (QED) is 0.227. The van der Waals surface area contributed by atoms with E-state index in [-0.39, 0.29) is 11.5 Å². The number of aromatic amines is 1. The van der Waals surface area contributed by atoms with Gasteiger partial charge in [0.2, 0.25) is 0 Å². The normalized spacial score (nSPS) is 15.6. The molecule has 6 aromatic rings. The van der Waals surface area contributed by atoms with Crippen molar-refractivity contribution in [1.82, 2.24) is 24.6 Å². The molecule has 0 aliphatic carbocycles. The molecule has 3 heterocycles. The highest BCUT2D eigenvalue weighted by Crippen LogP contribution is 2.37. The minimum Gasteiger partial charge on any atom is -0.508 e. The van der Waals surface area contributed by atoms with E-state index < -0.39 is 11.9 Å². The first kappa shape index (κ1) is 25.3. The van der Waals surface area contributed by atoms with E-state index >= 15 is 0 Å². The number of piperidine rings is 1. The first-order valence-corrected chi connectivity index (χ1v) is 13.9. The molecule has 206 valence electrons. The maximum atomic E-state index is 14.4. The number of phenols is 2. The van der Waals surface area contributed by atoms with Gasteiger partial charge in [-0.15, -0.1) is 0 Å². The number of nitrogens with zero attached hydrogens (tertiary/aromatic N) is 4. The Morgan fingerprint density at radius 2 is 1.68 bits per heavy atom. The highest BCUT2D eigenvalue weighted by Gasteiger charge is 2.26. The Hall–Kier alpha value is -4.69. The van der Waals surface area contributed by atoms with Gasteiger partial charge in [0.1, 0.15) is 29.2 Å². The minimum atomic E-state index is -0.732. The first-order valence-electron chi connectivity index (χ1n) is 13.9. The van der Waals surface area contributed by atoms with E-state index in [2.05, 4.69) is 41.2 Å². The molecule has 1 aliphatic heterocycles. The standard InChI is InChI=1S/C33H30FN5O2/c1-38-14-12-21(13-15-38)20-6-8-22(9-7-20)25-18-29-23(16-31(25)41)19-39(37-29)32(26-17-24(34)10-11-30(26)40)33-35-27-4-2-3-5-28(27)36-33/h2-11,16-19,21,32,40-41H,12-15H2,1H3,(H,35,36). The Balaban J connectivity index is 1.29. The molecule has 1 fully saturated rings. The van der Waals surface area contributed by atoms with Crippen molar-refractivity contribution in [2.24, 2.45) is 0 Å². The summed E-state index contributed by atoms with van der Waals surface area (Å²) in [5, 5.41) is 27.3.